The van der Waals surface area contributed by atoms with Gasteiger partial charge in [0.2, 0.25) is 0 Å². The van der Waals surface area contributed by atoms with E-state index in [1.165, 1.54) is 10.9 Å². The quantitative estimate of drug-likeness (QED) is 0.307. The predicted molar refractivity (Wildman–Crippen MR) is 94.6 cm³/mol. The number of carbonyl (C=O) groups excluding carboxylic acids is 3. The first-order chi connectivity index (χ1) is 15.2. The molecule has 1 aliphatic rings. The summed E-state index contributed by atoms with van der Waals surface area (Å²) in [5.41, 5.74) is 5.65. The normalized spacial score (nSPS) is 22.6. The Labute approximate surface area is 178 Å². The van der Waals surface area contributed by atoms with Gasteiger partial charge in [-0.05, 0) is 0 Å². The van der Waals surface area contributed by atoms with E-state index in [0.717, 1.165) is 20.8 Å². The highest BCUT2D eigenvalue weighted by Gasteiger charge is 2.51. The molecule has 2 N–H and O–H groups in total. The van der Waals surface area contributed by atoms with Gasteiger partial charge >= 0.3 is 24.0 Å². The van der Waals surface area contributed by atoms with E-state index < -0.39 is 55.1 Å². The van der Waals surface area contributed by atoms with Crippen LogP contribution in [0.5, 0.6) is 0 Å². The molecule has 2 aromatic heterocycles. The van der Waals surface area contributed by atoms with Gasteiger partial charge in [0.1, 0.15) is 12.7 Å². The molecule has 0 radical (unpaired) electrons. The second-order valence-electron chi connectivity index (χ2n) is 6.40. The lowest BCUT2D eigenvalue weighted by atomic mass is 10.1. The number of nitrogen functional groups attached to an aromatic ring is 1. The summed E-state index contributed by atoms with van der Waals surface area (Å²) < 4.78 is 20.8. The molecule has 3 rings (SSSR count). The van der Waals surface area contributed by atoms with Gasteiger partial charge in [-0.25, -0.2) is 19.4 Å². The first-order valence-corrected chi connectivity index (χ1v) is 8.96. The third-order valence-corrected chi connectivity index (χ3v) is 3.94. The highest BCUT2D eigenvalue weighted by Crippen LogP contribution is 2.36. The molecule has 1 aliphatic heterocycles. The zero-order valence-electron chi connectivity index (χ0n) is 16.9. The number of carbonyl (C=O) groups is 3. The number of halogens is 1. The maximum atomic E-state index is 13.8. The average Bonchev–Trinajstić information content (AvgIpc) is 3.25. The minimum atomic E-state index is -1.32. The van der Waals surface area contributed by atoms with Gasteiger partial charge in [0.25, 0.3) is 0 Å². The van der Waals surface area contributed by atoms with E-state index in [4.69, 9.17) is 25.1 Å². The Morgan fingerprint density at radius 1 is 1.06 bits per heavy atom. The Bertz CT molecular complexity index is 1020. The fourth-order valence-electron chi connectivity index (χ4n) is 2.81. The van der Waals surface area contributed by atoms with Crippen LogP contribution in [0.2, 0.25) is 0 Å². The summed E-state index contributed by atoms with van der Waals surface area (Å²) in [5.74, 6) is -2.60. The Kier molecular flexibility index (Phi) is 7.08. The smallest absolute Gasteiger partial charge is 0.339 e. The van der Waals surface area contributed by atoms with E-state index in [0.29, 0.717) is 0 Å². The molecular weight excluding hydrogens is 441 g/mol. The average molecular weight is 459 g/mol. The Hall–Kier alpha value is -3.47. The number of hydrogen-bond acceptors (Lipinski definition) is 14. The van der Waals surface area contributed by atoms with E-state index in [2.05, 4.69) is 29.6 Å². The second kappa shape index (κ2) is 9.77. The number of nitrogens with zero attached hydrogens (tertiary/aromatic N) is 4. The van der Waals surface area contributed by atoms with Gasteiger partial charge in [0.15, 0.2) is 35.4 Å². The number of anilines is 1. The van der Waals surface area contributed by atoms with Crippen molar-refractivity contribution in [2.75, 3.05) is 12.3 Å². The third-order valence-electron chi connectivity index (χ3n) is 3.94. The molecule has 174 valence electrons. The summed E-state index contributed by atoms with van der Waals surface area (Å²) in [7, 11) is 0. The number of ether oxygens (including phenoxy) is 1. The molecule has 1 saturated heterocycles. The van der Waals surface area contributed by atoms with Crippen molar-refractivity contribution in [3.05, 3.63) is 12.4 Å². The molecule has 0 amide bonds. The third kappa shape index (κ3) is 5.22. The molecule has 32 heavy (non-hydrogen) atoms. The number of nitrogens with two attached hydrogens (primary N) is 1. The van der Waals surface area contributed by atoms with Crippen LogP contribution < -0.4 is 5.73 Å². The predicted octanol–water partition coefficient (Wildman–Crippen LogP) is -0.334. The van der Waals surface area contributed by atoms with Crippen LogP contribution in [-0.4, -0.2) is 62.3 Å². The molecule has 0 aromatic carbocycles. The Morgan fingerprint density at radius 2 is 1.69 bits per heavy atom. The summed E-state index contributed by atoms with van der Waals surface area (Å²) in [6.07, 6.45) is -4.88. The molecule has 0 spiro atoms. The van der Waals surface area contributed by atoms with Crippen LogP contribution in [-0.2, 0) is 48.4 Å². The maximum absolute atomic E-state index is 13.8. The Morgan fingerprint density at radius 3 is 2.31 bits per heavy atom. The van der Waals surface area contributed by atoms with Crippen LogP contribution >= 0.6 is 0 Å². The molecule has 16 heteroatoms. The van der Waals surface area contributed by atoms with Gasteiger partial charge in [-0.3, -0.25) is 19.2 Å². The largest absolute Gasteiger partial charge is 0.382 e. The highest BCUT2D eigenvalue weighted by molar-refractivity contribution is 5.81. The van der Waals surface area contributed by atoms with Crippen molar-refractivity contribution in [1.82, 2.24) is 19.5 Å². The van der Waals surface area contributed by atoms with Gasteiger partial charge in [-0.2, -0.15) is 29.0 Å². The van der Waals surface area contributed by atoms with Gasteiger partial charge < -0.3 is 10.5 Å². The molecular formula is C16H18FN5O10. The SMILES string of the molecule is CC(=O)OOC[C@H]1O[C@@H](n2cnc3c(N)nc(F)nc32)[C@H](OOC(C)=O)[C@H]1OOC(C)=O. The first-order valence-electron chi connectivity index (χ1n) is 8.96. The van der Waals surface area contributed by atoms with Crippen molar-refractivity contribution in [3.63, 3.8) is 0 Å². The van der Waals surface area contributed by atoms with Crippen LogP contribution in [0.25, 0.3) is 11.2 Å². The van der Waals surface area contributed by atoms with Crippen LogP contribution in [0.3, 0.4) is 0 Å². The van der Waals surface area contributed by atoms with Crippen molar-refractivity contribution in [2.45, 2.75) is 45.3 Å². The van der Waals surface area contributed by atoms with E-state index in [1.54, 1.807) is 0 Å². The number of imidazole rings is 1. The van der Waals surface area contributed by atoms with Gasteiger partial charge in [-0.1, -0.05) is 0 Å². The first kappa shape index (κ1) is 23.2. The molecule has 0 bridgehead atoms. The van der Waals surface area contributed by atoms with Crippen LogP contribution in [0, 0.1) is 6.08 Å². The summed E-state index contributed by atoms with van der Waals surface area (Å²) in [6.45, 7) is 2.84. The number of fused-ring (bicyclic) bond motifs is 1. The summed E-state index contributed by atoms with van der Waals surface area (Å²) >= 11 is 0. The monoisotopic (exact) mass is 459 g/mol. The standard InChI is InChI=1S/C16H18FN5O10/c1-6(23)28-26-4-9-11(31-29-7(2)24)12(32-30-8(3)25)15(27-9)22-5-19-10-13(18)20-16(17)21-14(10)22/h5,9,11-12,15H,4H2,1-3H3,(H2,18,20,21)/t9-,11+,12-,15-/m1/s1. The topological polar surface area (TPSA) is 185 Å². The highest BCUT2D eigenvalue weighted by atomic mass is 19.1. The van der Waals surface area contributed by atoms with Crippen molar-refractivity contribution in [1.29, 1.82) is 0 Å². The van der Waals surface area contributed by atoms with Crippen LogP contribution in [0.15, 0.2) is 6.33 Å². The number of rotatable bonds is 8. The number of aromatic nitrogens is 4. The summed E-state index contributed by atoms with van der Waals surface area (Å²) in [6, 6.07) is 0. The van der Waals surface area contributed by atoms with E-state index in [9.17, 15) is 18.8 Å². The van der Waals surface area contributed by atoms with E-state index in [-0.39, 0.29) is 17.0 Å². The lowest BCUT2D eigenvalue weighted by Crippen LogP contribution is -2.39. The maximum Gasteiger partial charge on any atom is 0.339 e. The zero-order valence-corrected chi connectivity index (χ0v) is 16.9. The molecule has 3 heterocycles. The minimum Gasteiger partial charge on any atom is -0.382 e. The zero-order chi connectivity index (χ0) is 23.4. The minimum absolute atomic E-state index is 0.0540. The summed E-state index contributed by atoms with van der Waals surface area (Å²) in [4.78, 5) is 73.2. The molecule has 0 saturated carbocycles. The van der Waals surface area contributed by atoms with Crippen LogP contribution in [0.4, 0.5) is 10.2 Å². The molecule has 4 atom stereocenters. The summed E-state index contributed by atoms with van der Waals surface area (Å²) in [5, 5.41) is 0. The molecule has 15 nitrogen and oxygen atoms in total. The van der Waals surface area contributed by atoms with Crippen molar-refractivity contribution >= 4 is 34.9 Å². The molecule has 0 unspecified atom stereocenters. The van der Waals surface area contributed by atoms with Gasteiger partial charge in [0.05, 0.1) is 6.33 Å². The van der Waals surface area contributed by atoms with Crippen molar-refractivity contribution in [2.24, 2.45) is 0 Å². The fourth-order valence-corrected chi connectivity index (χ4v) is 2.81. The second-order valence-corrected chi connectivity index (χ2v) is 6.40. The fraction of sp³-hybridized carbons (Fsp3) is 0.500. The number of hydrogen-bond donors (Lipinski definition) is 1. The van der Waals surface area contributed by atoms with Crippen LogP contribution in [0.1, 0.15) is 27.0 Å². The van der Waals surface area contributed by atoms with Gasteiger partial charge in [0, 0.05) is 20.8 Å². The lowest BCUT2D eigenvalue weighted by Gasteiger charge is -2.21. The molecule has 2 aromatic rings. The van der Waals surface area contributed by atoms with Crippen molar-refractivity contribution in [3.8, 4) is 0 Å². The van der Waals surface area contributed by atoms with Crippen molar-refractivity contribution < 1.29 is 52.8 Å². The van der Waals surface area contributed by atoms with E-state index >= 15 is 0 Å². The Balaban J connectivity index is 1.97. The van der Waals surface area contributed by atoms with Gasteiger partial charge in [-0.15, -0.1) is 0 Å². The van der Waals surface area contributed by atoms with E-state index in [1.807, 2.05) is 0 Å². The lowest BCUT2D eigenvalue weighted by molar-refractivity contribution is -0.361. The molecule has 1 fully saturated rings. The molecule has 0 aliphatic carbocycles.